The lowest BCUT2D eigenvalue weighted by atomic mass is 10.1. The Morgan fingerprint density at radius 2 is 2.13 bits per heavy atom. The van der Waals surface area contributed by atoms with Crippen molar-refractivity contribution in [3.05, 3.63) is 36.0 Å². The Hall–Kier alpha value is -2.37. The number of rotatable bonds is 6. The van der Waals surface area contributed by atoms with Gasteiger partial charge >= 0.3 is 5.97 Å². The van der Waals surface area contributed by atoms with Crippen LogP contribution in [0.4, 0.5) is 5.82 Å². The molecule has 0 unspecified atom stereocenters. The number of anilines is 1. The van der Waals surface area contributed by atoms with Crippen LogP contribution in [0.3, 0.4) is 0 Å². The van der Waals surface area contributed by atoms with Crippen LogP contribution in [0, 0.1) is 0 Å². The molecule has 124 valence electrons. The van der Waals surface area contributed by atoms with Gasteiger partial charge in [0.2, 0.25) is 0 Å². The van der Waals surface area contributed by atoms with Crippen molar-refractivity contribution in [2.24, 2.45) is 0 Å². The maximum absolute atomic E-state index is 12.4. The SMILES string of the molecule is COC(=O)/C=C/CCNC(=O)c1cccnc1N1CCCCC1. The van der Waals surface area contributed by atoms with Gasteiger partial charge in [0.05, 0.1) is 12.7 Å². The van der Waals surface area contributed by atoms with Crippen LogP contribution < -0.4 is 10.2 Å². The van der Waals surface area contributed by atoms with E-state index in [1.165, 1.54) is 19.6 Å². The van der Waals surface area contributed by atoms with Crippen LogP contribution >= 0.6 is 0 Å². The molecule has 0 aromatic carbocycles. The predicted molar refractivity (Wildman–Crippen MR) is 88.4 cm³/mol. The highest BCUT2D eigenvalue weighted by molar-refractivity contribution is 5.98. The summed E-state index contributed by atoms with van der Waals surface area (Å²) in [6.45, 7) is 2.35. The summed E-state index contributed by atoms with van der Waals surface area (Å²) >= 11 is 0. The zero-order valence-electron chi connectivity index (χ0n) is 13.5. The molecule has 6 heteroatoms. The lowest BCUT2D eigenvalue weighted by molar-refractivity contribution is -0.134. The molecule has 1 saturated heterocycles. The summed E-state index contributed by atoms with van der Waals surface area (Å²) in [5, 5.41) is 2.86. The van der Waals surface area contributed by atoms with Gasteiger partial charge in [0.1, 0.15) is 5.82 Å². The standard InChI is InChI=1S/C17H23N3O3/c1-23-15(21)9-3-4-10-19-17(22)14-8-7-11-18-16(14)20-12-5-2-6-13-20/h3,7-9,11H,2,4-6,10,12-13H2,1H3,(H,19,22)/b9-3+. The van der Waals surface area contributed by atoms with E-state index in [2.05, 4.69) is 19.9 Å². The van der Waals surface area contributed by atoms with Gasteiger partial charge in [-0.3, -0.25) is 4.79 Å². The monoisotopic (exact) mass is 317 g/mol. The number of ether oxygens (including phenoxy) is 1. The van der Waals surface area contributed by atoms with E-state index in [0.29, 0.717) is 18.5 Å². The number of nitrogens with one attached hydrogen (secondary N) is 1. The first-order valence-electron chi connectivity index (χ1n) is 7.95. The molecule has 0 radical (unpaired) electrons. The van der Waals surface area contributed by atoms with Crippen LogP contribution in [0.15, 0.2) is 30.5 Å². The number of esters is 1. The van der Waals surface area contributed by atoms with Crippen molar-refractivity contribution in [2.45, 2.75) is 25.7 Å². The van der Waals surface area contributed by atoms with Crippen molar-refractivity contribution < 1.29 is 14.3 Å². The molecule has 2 heterocycles. The van der Waals surface area contributed by atoms with Gasteiger partial charge in [0.25, 0.3) is 5.91 Å². The van der Waals surface area contributed by atoms with Gasteiger partial charge in [0.15, 0.2) is 0 Å². The average molecular weight is 317 g/mol. The minimum atomic E-state index is -0.393. The smallest absolute Gasteiger partial charge is 0.330 e. The molecule has 0 aliphatic carbocycles. The Kier molecular flexibility index (Phi) is 6.59. The molecule has 23 heavy (non-hydrogen) atoms. The number of hydrogen-bond acceptors (Lipinski definition) is 5. The molecule has 0 spiro atoms. The Balaban J connectivity index is 1.91. The molecular weight excluding hydrogens is 294 g/mol. The van der Waals surface area contributed by atoms with Gasteiger partial charge in [-0.2, -0.15) is 0 Å². The van der Waals surface area contributed by atoms with Crippen LogP contribution in [-0.2, 0) is 9.53 Å². The molecule has 1 aliphatic heterocycles. The van der Waals surface area contributed by atoms with Crippen LogP contribution in [0.2, 0.25) is 0 Å². The topological polar surface area (TPSA) is 71.5 Å². The molecule has 0 saturated carbocycles. The molecule has 6 nitrogen and oxygen atoms in total. The highest BCUT2D eigenvalue weighted by atomic mass is 16.5. The first-order chi connectivity index (χ1) is 11.2. The third kappa shape index (κ3) is 5.09. The number of carbonyl (C=O) groups is 2. The molecule has 1 aliphatic rings. The Bertz CT molecular complexity index is 566. The number of aromatic nitrogens is 1. The Morgan fingerprint density at radius 1 is 1.35 bits per heavy atom. The normalized spacial score (nSPS) is 14.7. The number of methoxy groups -OCH3 is 1. The molecule has 1 aromatic heterocycles. The van der Waals surface area contributed by atoms with Crippen molar-refractivity contribution in [1.29, 1.82) is 0 Å². The first kappa shape index (κ1) is 17.0. The van der Waals surface area contributed by atoms with Crippen molar-refractivity contribution in [2.75, 3.05) is 31.6 Å². The fourth-order valence-corrected chi connectivity index (χ4v) is 2.54. The van der Waals surface area contributed by atoms with E-state index in [1.807, 2.05) is 0 Å². The third-order valence-corrected chi connectivity index (χ3v) is 3.74. The van der Waals surface area contributed by atoms with E-state index < -0.39 is 5.97 Å². The summed E-state index contributed by atoms with van der Waals surface area (Å²) in [6, 6.07) is 3.58. The second kappa shape index (κ2) is 8.92. The van der Waals surface area contributed by atoms with Gasteiger partial charge in [-0.05, 0) is 37.8 Å². The largest absolute Gasteiger partial charge is 0.466 e. The lowest BCUT2D eigenvalue weighted by Gasteiger charge is -2.29. The number of pyridine rings is 1. The van der Waals surface area contributed by atoms with Crippen molar-refractivity contribution in [1.82, 2.24) is 10.3 Å². The van der Waals surface area contributed by atoms with Gasteiger partial charge in [-0.25, -0.2) is 9.78 Å². The van der Waals surface area contributed by atoms with E-state index in [4.69, 9.17) is 0 Å². The highest BCUT2D eigenvalue weighted by Crippen LogP contribution is 2.21. The van der Waals surface area contributed by atoms with Crippen molar-refractivity contribution in [3.8, 4) is 0 Å². The number of amides is 1. The van der Waals surface area contributed by atoms with Crippen LogP contribution in [0.5, 0.6) is 0 Å². The summed E-state index contributed by atoms with van der Waals surface area (Å²) in [5.41, 5.74) is 0.603. The quantitative estimate of drug-likeness (QED) is 0.493. The molecular formula is C17H23N3O3. The van der Waals surface area contributed by atoms with E-state index in [9.17, 15) is 9.59 Å². The fraction of sp³-hybridized carbons (Fsp3) is 0.471. The minimum Gasteiger partial charge on any atom is -0.466 e. The summed E-state index contributed by atoms with van der Waals surface area (Å²) in [7, 11) is 1.33. The second-order valence-corrected chi connectivity index (χ2v) is 5.39. The summed E-state index contributed by atoms with van der Waals surface area (Å²) in [5.74, 6) is 0.232. The predicted octanol–water partition coefficient (Wildman–Crippen LogP) is 1.92. The van der Waals surface area contributed by atoms with Gasteiger partial charge in [-0.1, -0.05) is 6.08 Å². The van der Waals surface area contributed by atoms with Gasteiger partial charge in [0, 0.05) is 31.9 Å². The second-order valence-electron chi connectivity index (χ2n) is 5.39. The Labute approximate surface area is 136 Å². The number of hydrogen-bond donors (Lipinski definition) is 1. The number of carbonyl (C=O) groups excluding carboxylic acids is 2. The van der Waals surface area contributed by atoms with Crippen molar-refractivity contribution in [3.63, 3.8) is 0 Å². The van der Waals surface area contributed by atoms with E-state index in [-0.39, 0.29) is 5.91 Å². The summed E-state index contributed by atoms with van der Waals surface area (Å²) < 4.78 is 4.50. The maximum atomic E-state index is 12.4. The van der Waals surface area contributed by atoms with Crippen molar-refractivity contribution >= 4 is 17.7 Å². The molecule has 2 rings (SSSR count). The number of nitrogens with zero attached hydrogens (tertiary/aromatic N) is 2. The minimum absolute atomic E-state index is 0.134. The third-order valence-electron chi connectivity index (χ3n) is 3.74. The molecule has 0 bridgehead atoms. The molecule has 1 fully saturated rings. The molecule has 1 amide bonds. The first-order valence-corrected chi connectivity index (χ1v) is 7.95. The van der Waals surface area contributed by atoms with E-state index in [1.54, 1.807) is 24.4 Å². The maximum Gasteiger partial charge on any atom is 0.330 e. The van der Waals surface area contributed by atoms with Gasteiger partial charge < -0.3 is 15.0 Å². The van der Waals surface area contributed by atoms with Crippen LogP contribution in [0.1, 0.15) is 36.0 Å². The zero-order chi connectivity index (χ0) is 16.5. The highest BCUT2D eigenvalue weighted by Gasteiger charge is 2.19. The zero-order valence-corrected chi connectivity index (χ0v) is 13.5. The average Bonchev–Trinajstić information content (AvgIpc) is 2.61. The number of piperidine rings is 1. The lowest BCUT2D eigenvalue weighted by Crippen LogP contribution is -2.33. The van der Waals surface area contributed by atoms with E-state index >= 15 is 0 Å². The molecule has 1 N–H and O–H groups in total. The summed E-state index contributed by atoms with van der Waals surface area (Å²) in [4.78, 5) is 29.9. The molecule has 1 aromatic rings. The Morgan fingerprint density at radius 3 is 2.87 bits per heavy atom. The van der Waals surface area contributed by atoms with Gasteiger partial charge in [-0.15, -0.1) is 0 Å². The summed E-state index contributed by atoms with van der Waals surface area (Å²) in [6.07, 6.45) is 8.83. The van der Waals surface area contributed by atoms with Crippen LogP contribution in [0.25, 0.3) is 0 Å². The fourth-order valence-electron chi connectivity index (χ4n) is 2.54. The van der Waals surface area contributed by atoms with E-state index in [0.717, 1.165) is 31.7 Å². The van der Waals surface area contributed by atoms with Crippen LogP contribution in [-0.4, -0.2) is 43.6 Å². The molecule has 0 atom stereocenters.